The summed E-state index contributed by atoms with van der Waals surface area (Å²) in [5, 5.41) is 2.05. The SMILES string of the molecule is Nc1c[nH]c(-c2cccs2)c1. The maximum Gasteiger partial charge on any atom is 0.0576 e. The van der Waals surface area contributed by atoms with Gasteiger partial charge in [0.15, 0.2) is 0 Å². The zero-order valence-corrected chi connectivity index (χ0v) is 6.69. The van der Waals surface area contributed by atoms with E-state index in [0.29, 0.717) is 0 Å². The van der Waals surface area contributed by atoms with Crippen molar-refractivity contribution >= 4 is 17.0 Å². The maximum absolute atomic E-state index is 5.56. The average molecular weight is 164 g/mol. The molecule has 2 rings (SSSR count). The quantitative estimate of drug-likeness (QED) is 0.667. The fraction of sp³-hybridized carbons (Fsp3) is 0. The summed E-state index contributed by atoms with van der Waals surface area (Å²) in [5.74, 6) is 0. The number of nitrogen functional groups attached to an aromatic ring is 1. The fourth-order valence-corrected chi connectivity index (χ4v) is 1.69. The number of anilines is 1. The number of rotatable bonds is 1. The predicted octanol–water partition coefficient (Wildman–Crippen LogP) is 2.33. The largest absolute Gasteiger partial charge is 0.397 e. The monoisotopic (exact) mass is 164 g/mol. The Labute approximate surface area is 68.7 Å². The molecule has 0 spiro atoms. The van der Waals surface area contributed by atoms with Crippen molar-refractivity contribution in [3.63, 3.8) is 0 Å². The second kappa shape index (κ2) is 2.43. The van der Waals surface area contributed by atoms with E-state index in [2.05, 4.69) is 11.1 Å². The molecular weight excluding hydrogens is 156 g/mol. The molecule has 0 amide bonds. The zero-order valence-electron chi connectivity index (χ0n) is 5.87. The summed E-state index contributed by atoms with van der Waals surface area (Å²) < 4.78 is 0. The van der Waals surface area contributed by atoms with Gasteiger partial charge in [0.1, 0.15) is 0 Å². The van der Waals surface area contributed by atoms with Gasteiger partial charge in [0.2, 0.25) is 0 Å². The van der Waals surface area contributed by atoms with E-state index in [-0.39, 0.29) is 0 Å². The van der Waals surface area contributed by atoms with E-state index in [9.17, 15) is 0 Å². The topological polar surface area (TPSA) is 41.8 Å². The molecule has 0 radical (unpaired) electrons. The molecule has 2 heterocycles. The van der Waals surface area contributed by atoms with Crippen molar-refractivity contribution in [1.82, 2.24) is 4.98 Å². The van der Waals surface area contributed by atoms with Gasteiger partial charge in [-0.1, -0.05) is 6.07 Å². The Hall–Kier alpha value is -1.22. The molecule has 2 aromatic heterocycles. The highest BCUT2D eigenvalue weighted by molar-refractivity contribution is 7.13. The highest BCUT2D eigenvalue weighted by Crippen LogP contribution is 2.24. The third-order valence-electron chi connectivity index (χ3n) is 1.49. The van der Waals surface area contributed by atoms with Gasteiger partial charge in [-0.3, -0.25) is 0 Å². The van der Waals surface area contributed by atoms with Crippen molar-refractivity contribution < 1.29 is 0 Å². The number of hydrogen-bond donors (Lipinski definition) is 2. The van der Waals surface area contributed by atoms with E-state index in [1.807, 2.05) is 17.5 Å². The average Bonchev–Trinajstić information content (AvgIpc) is 2.55. The first-order valence-corrected chi connectivity index (χ1v) is 4.22. The summed E-state index contributed by atoms with van der Waals surface area (Å²) in [6, 6.07) is 6.03. The maximum atomic E-state index is 5.56. The summed E-state index contributed by atoms with van der Waals surface area (Å²) in [6.45, 7) is 0. The third kappa shape index (κ3) is 1.14. The van der Waals surface area contributed by atoms with Gasteiger partial charge in [0.05, 0.1) is 10.6 Å². The Morgan fingerprint density at radius 2 is 2.36 bits per heavy atom. The van der Waals surface area contributed by atoms with Gasteiger partial charge in [-0.25, -0.2) is 0 Å². The van der Waals surface area contributed by atoms with Gasteiger partial charge in [-0.2, -0.15) is 0 Å². The first-order chi connectivity index (χ1) is 5.36. The van der Waals surface area contributed by atoms with E-state index >= 15 is 0 Å². The van der Waals surface area contributed by atoms with Crippen molar-refractivity contribution in [2.45, 2.75) is 0 Å². The molecular formula is C8H8N2S. The Morgan fingerprint density at radius 1 is 1.45 bits per heavy atom. The highest BCUT2D eigenvalue weighted by Gasteiger charge is 1.98. The molecule has 3 N–H and O–H groups in total. The first-order valence-electron chi connectivity index (χ1n) is 3.34. The molecule has 56 valence electrons. The lowest BCUT2D eigenvalue weighted by molar-refractivity contribution is 1.42. The summed E-state index contributed by atoms with van der Waals surface area (Å²) in [4.78, 5) is 4.32. The molecule has 0 aliphatic carbocycles. The lowest BCUT2D eigenvalue weighted by atomic mass is 10.3. The molecule has 0 atom stereocenters. The van der Waals surface area contributed by atoms with Crippen LogP contribution >= 0.6 is 11.3 Å². The molecule has 0 unspecified atom stereocenters. The number of aromatic nitrogens is 1. The Morgan fingerprint density at radius 3 is 2.91 bits per heavy atom. The Balaban J connectivity index is 2.45. The van der Waals surface area contributed by atoms with Gasteiger partial charge in [-0.05, 0) is 17.5 Å². The summed E-state index contributed by atoms with van der Waals surface area (Å²) in [7, 11) is 0. The zero-order chi connectivity index (χ0) is 7.68. The van der Waals surface area contributed by atoms with Crippen molar-refractivity contribution in [2.24, 2.45) is 0 Å². The van der Waals surface area contributed by atoms with Crippen LogP contribution in [0.3, 0.4) is 0 Å². The number of nitrogens with two attached hydrogens (primary N) is 1. The molecule has 2 aromatic rings. The summed E-state index contributed by atoms with van der Waals surface area (Å²) in [5.41, 5.74) is 7.44. The number of thiophene rings is 1. The Kier molecular flexibility index (Phi) is 1.43. The minimum atomic E-state index is 0.786. The standard InChI is InChI=1S/C8H8N2S/c9-6-4-7(10-5-6)8-2-1-3-11-8/h1-5,10H,9H2. The van der Waals surface area contributed by atoms with Gasteiger partial charge < -0.3 is 10.7 Å². The van der Waals surface area contributed by atoms with Crippen molar-refractivity contribution in [1.29, 1.82) is 0 Å². The summed E-state index contributed by atoms with van der Waals surface area (Å²) in [6.07, 6.45) is 1.80. The van der Waals surface area contributed by atoms with Gasteiger partial charge in [-0.15, -0.1) is 11.3 Å². The lowest BCUT2D eigenvalue weighted by Gasteiger charge is -1.87. The van der Waals surface area contributed by atoms with Crippen LogP contribution in [-0.2, 0) is 0 Å². The van der Waals surface area contributed by atoms with Crippen LogP contribution in [0.25, 0.3) is 10.6 Å². The van der Waals surface area contributed by atoms with E-state index in [0.717, 1.165) is 11.4 Å². The van der Waals surface area contributed by atoms with Crippen molar-refractivity contribution in [3.8, 4) is 10.6 Å². The van der Waals surface area contributed by atoms with Gasteiger partial charge in [0.25, 0.3) is 0 Å². The molecule has 11 heavy (non-hydrogen) atoms. The second-order valence-electron chi connectivity index (χ2n) is 2.32. The van der Waals surface area contributed by atoms with E-state index in [1.54, 1.807) is 17.5 Å². The van der Waals surface area contributed by atoms with E-state index in [4.69, 9.17) is 5.73 Å². The van der Waals surface area contributed by atoms with Crippen LogP contribution in [-0.4, -0.2) is 4.98 Å². The second-order valence-corrected chi connectivity index (χ2v) is 3.27. The number of H-pyrrole nitrogens is 1. The minimum absolute atomic E-state index is 0.786. The van der Waals surface area contributed by atoms with Crippen molar-refractivity contribution in [2.75, 3.05) is 5.73 Å². The first kappa shape index (κ1) is 6.49. The normalized spacial score (nSPS) is 10.2. The van der Waals surface area contributed by atoms with Crippen LogP contribution in [0, 0.1) is 0 Å². The molecule has 0 aliphatic heterocycles. The number of aromatic amines is 1. The molecule has 0 bridgehead atoms. The highest BCUT2D eigenvalue weighted by atomic mass is 32.1. The number of hydrogen-bond acceptors (Lipinski definition) is 2. The van der Waals surface area contributed by atoms with E-state index in [1.165, 1.54) is 4.88 Å². The molecule has 0 aromatic carbocycles. The third-order valence-corrected chi connectivity index (χ3v) is 2.40. The molecule has 0 saturated carbocycles. The van der Waals surface area contributed by atoms with Gasteiger partial charge >= 0.3 is 0 Å². The lowest BCUT2D eigenvalue weighted by Crippen LogP contribution is -1.75. The molecule has 3 heteroatoms. The van der Waals surface area contributed by atoms with Crippen LogP contribution < -0.4 is 5.73 Å². The molecule has 2 nitrogen and oxygen atoms in total. The van der Waals surface area contributed by atoms with Crippen LogP contribution in [0.15, 0.2) is 29.8 Å². The predicted molar refractivity (Wildman–Crippen MR) is 48.5 cm³/mol. The fourth-order valence-electron chi connectivity index (χ4n) is 0.985. The van der Waals surface area contributed by atoms with Crippen LogP contribution in [0.5, 0.6) is 0 Å². The summed E-state index contributed by atoms with van der Waals surface area (Å²) >= 11 is 1.70. The van der Waals surface area contributed by atoms with Crippen LogP contribution in [0.1, 0.15) is 0 Å². The minimum Gasteiger partial charge on any atom is -0.397 e. The molecule has 0 saturated heterocycles. The number of nitrogens with one attached hydrogen (secondary N) is 1. The van der Waals surface area contributed by atoms with E-state index < -0.39 is 0 Å². The van der Waals surface area contributed by atoms with Gasteiger partial charge in [0, 0.05) is 11.9 Å². The molecule has 0 fully saturated rings. The smallest absolute Gasteiger partial charge is 0.0576 e. The Bertz CT molecular complexity index is 335. The molecule has 0 aliphatic rings. The van der Waals surface area contributed by atoms with Crippen molar-refractivity contribution in [3.05, 3.63) is 29.8 Å². The van der Waals surface area contributed by atoms with Crippen LogP contribution in [0.2, 0.25) is 0 Å². The van der Waals surface area contributed by atoms with Crippen LogP contribution in [0.4, 0.5) is 5.69 Å².